The van der Waals surface area contributed by atoms with Crippen LogP contribution < -0.4 is 19.5 Å². The summed E-state index contributed by atoms with van der Waals surface area (Å²) in [4.78, 5) is 20.6. The summed E-state index contributed by atoms with van der Waals surface area (Å²) in [7, 11) is 0. The van der Waals surface area contributed by atoms with Crippen LogP contribution in [-0.2, 0) is 17.8 Å². The molecule has 5 rings (SSSR count). The average Bonchev–Trinajstić information content (AvgIpc) is 3.39. The largest absolute Gasteiger partial charge is 0.473 e. The Hall–Kier alpha value is -4.14. The number of anilines is 1. The number of rotatable bonds is 6. The zero-order valence-corrected chi connectivity index (χ0v) is 15.7. The van der Waals surface area contributed by atoms with Gasteiger partial charge >= 0.3 is 0 Å². The lowest BCUT2D eigenvalue weighted by atomic mass is 10.1. The summed E-state index contributed by atoms with van der Waals surface area (Å²) in [5.41, 5.74) is 2.11. The molecular weight excluding hydrogens is 388 g/mol. The van der Waals surface area contributed by atoms with E-state index in [0.717, 1.165) is 10.9 Å². The highest BCUT2D eigenvalue weighted by molar-refractivity contribution is 5.94. The maximum Gasteiger partial charge on any atom is 0.231 e. The van der Waals surface area contributed by atoms with Crippen molar-refractivity contribution in [3.63, 3.8) is 0 Å². The van der Waals surface area contributed by atoms with E-state index in [1.54, 1.807) is 12.1 Å². The maximum atomic E-state index is 12.4. The molecule has 0 fully saturated rings. The normalized spacial score (nSPS) is 12.1. The van der Waals surface area contributed by atoms with E-state index < -0.39 is 0 Å². The second-order valence-corrected chi connectivity index (χ2v) is 6.57. The van der Waals surface area contributed by atoms with Crippen LogP contribution in [-0.4, -0.2) is 27.8 Å². The van der Waals surface area contributed by atoms with Gasteiger partial charge in [-0.2, -0.15) is 0 Å². The molecule has 0 radical (unpaired) electrons. The fourth-order valence-corrected chi connectivity index (χ4v) is 3.08. The molecule has 1 aliphatic heterocycles. The molecule has 0 aliphatic carbocycles. The molecule has 1 aliphatic rings. The van der Waals surface area contributed by atoms with Gasteiger partial charge in [-0.15, -0.1) is 0 Å². The van der Waals surface area contributed by atoms with Crippen molar-refractivity contribution in [2.75, 3.05) is 12.1 Å². The highest BCUT2D eigenvalue weighted by Gasteiger charge is 2.15. The summed E-state index contributed by atoms with van der Waals surface area (Å²) in [6.07, 6.45) is 1.39. The Morgan fingerprint density at radius 2 is 1.97 bits per heavy atom. The number of ether oxygens (including phenoxy) is 3. The maximum absolute atomic E-state index is 12.4. The number of fused-ring (bicyclic) bond motifs is 2. The molecule has 30 heavy (non-hydrogen) atoms. The first-order valence-corrected chi connectivity index (χ1v) is 9.21. The Morgan fingerprint density at radius 1 is 1.07 bits per heavy atom. The third kappa shape index (κ3) is 3.72. The molecule has 0 unspecified atom stereocenters. The van der Waals surface area contributed by atoms with E-state index in [1.165, 1.54) is 6.33 Å². The van der Waals surface area contributed by atoms with Crippen LogP contribution in [0.15, 0.2) is 59.4 Å². The molecule has 150 valence electrons. The van der Waals surface area contributed by atoms with Gasteiger partial charge in [-0.3, -0.25) is 4.79 Å². The fraction of sp³-hybridized carbons (Fsp3) is 0.143. The van der Waals surface area contributed by atoms with E-state index >= 15 is 0 Å². The Balaban J connectivity index is 1.22. The second-order valence-electron chi connectivity index (χ2n) is 6.57. The van der Waals surface area contributed by atoms with Crippen molar-refractivity contribution in [1.82, 2.24) is 15.1 Å². The van der Waals surface area contributed by atoms with Gasteiger partial charge < -0.3 is 24.1 Å². The standard InChI is InChI=1S/C21H16N4O5/c26-20(8-15-14-3-1-2-4-16(14)30-25-15)24-19-9-21(23-11-22-19)27-10-13-5-6-17-18(7-13)29-12-28-17/h1-7,9,11H,8,10,12H2,(H,22,23,24,26). The van der Waals surface area contributed by atoms with E-state index in [9.17, 15) is 4.79 Å². The molecule has 0 bridgehead atoms. The summed E-state index contributed by atoms with van der Waals surface area (Å²) in [5, 5.41) is 7.51. The molecule has 9 nitrogen and oxygen atoms in total. The Bertz CT molecular complexity index is 1220. The number of benzene rings is 2. The van der Waals surface area contributed by atoms with Crippen molar-refractivity contribution in [3.05, 3.63) is 66.1 Å². The highest BCUT2D eigenvalue weighted by Crippen LogP contribution is 2.32. The summed E-state index contributed by atoms with van der Waals surface area (Å²) < 4.78 is 21.6. The van der Waals surface area contributed by atoms with Crippen LogP contribution in [0.3, 0.4) is 0 Å². The smallest absolute Gasteiger partial charge is 0.231 e. The van der Waals surface area contributed by atoms with E-state index in [1.807, 2.05) is 36.4 Å². The Morgan fingerprint density at radius 3 is 2.93 bits per heavy atom. The van der Waals surface area contributed by atoms with Gasteiger partial charge in [0.15, 0.2) is 17.1 Å². The molecular formula is C21H16N4O5. The van der Waals surface area contributed by atoms with Gasteiger partial charge in [0.1, 0.15) is 24.4 Å². The lowest BCUT2D eigenvalue weighted by Crippen LogP contribution is -2.16. The van der Waals surface area contributed by atoms with E-state index in [-0.39, 0.29) is 25.7 Å². The zero-order valence-electron chi connectivity index (χ0n) is 15.7. The van der Waals surface area contributed by atoms with Crippen LogP contribution in [0, 0.1) is 0 Å². The van der Waals surface area contributed by atoms with Crippen LogP contribution >= 0.6 is 0 Å². The third-order valence-electron chi connectivity index (χ3n) is 4.51. The third-order valence-corrected chi connectivity index (χ3v) is 4.51. The number of amides is 1. The van der Waals surface area contributed by atoms with Crippen molar-refractivity contribution in [2.45, 2.75) is 13.0 Å². The van der Waals surface area contributed by atoms with Crippen molar-refractivity contribution in [3.8, 4) is 17.4 Å². The number of carbonyl (C=O) groups excluding carboxylic acids is 1. The molecule has 3 heterocycles. The minimum Gasteiger partial charge on any atom is -0.473 e. The minimum absolute atomic E-state index is 0.0639. The second kappa shape index (κ2) is 7.70. The monoisotopic (exact) mass is 404 g/mol. The molecule has 1 amide bonds. The van der Waals surface area contributed by atoms with Gasteiger partial charge in [-0.05, 0) is 29.8 Å². The van der Waals surface area contributed by atoms with E-state index in [0.29, 0.717) is 34.5 Å². The van der Waals surface area contributed by atoms with Gasteiger partial charge in [0.2, 0.25) is 18.6 Å². The van der Waals surface area contributed by atoms with Gasteiger partial charge in [-0.25, -0.2) is 9.97 Å². The molecule has 2 aromatic heterocycles. The molecule has 0 atom stereocenters. The number of para-hydroxylation sites is 1. The number of carbonyl (C=O) groups is 1. The molecule has 2 aromatic carbocycles. The molecule has 4 aromatic rings. The molecule has 1 N–H and O–H groups in total. The quantitative estimate of drug-likeness (QED) is 0.522. The van der Waals surface area contributed by atoms with Crippen molar-refractivity contribution in [1.29, 1.82) is 0 Å². The first-order chi connectivity index (χ1) is 14.7. The van der Waals surface area contributed by atoms with Crippen LogP contribution in [0.2, 0.25) is 0 Å². The lowest BCUT2D eigenvalue weighted by molar-refractivity contribution is -0.115. The fourth-order valence-electron chi connectivity index (χ4n) is 3.08. The predicted molar refractivity (Wildman–Crippen MR) is 105 cm³/mol. The number of hydrogen-bond donors (Lipinski definition) is 1. The topological polar surface area (TPSA) is 109 Å². The first kappa shape index (κ1) is 17.9. The zero-order chi connectivity index (χ0) is 20.3. The number of hydrogen-bond acceptors (Lipinski definition) is 8. The van der Waals surface area contributed by atoms with E-state index in [2.05, 4.69) is 20.4 Å². The lowest BCUT2D eigenvalue weighted by Gasteiger charge is -2.08. The average molecular weight is 404 g/mol. The molecule has 9 heteroatoms. The van der Waals surface area contributed by atoms with Crippen LogP contribution in [0.25, 0.3) is 11.0 Å². The minimum atomic E-state index is -0.269. The van der Waals surface area contributed by atoms with Gasteiger partial charge in [0, 0.05) is 11.5 Å². The van der Waals surface area contributed by atoms with Crippen molar-refractivity contribution in [2.24, 2.45) is 0 Å². The van der Waals surface area contributed by atoms with E-state index in [4.69, 9.17) is 18.7 Å². The number of nitrogens with zero attached hydrogens (tertiary/aromatic N) is 3. The van der Waals surface area contributed by atoms with Gasteiger partial charge in [0.25, 0.3) is 0 Å². The van der Waals surface area contributed by atoms with Crippen molar-refractivity contribution >= 4 is 22.7 Å². The predicted octanol–water partition coefficient (Wildman–Crippen LogP) is 3.11. The van der Waals surface area contributed by atoms with Crippen LogP contribution in [0.5, 0.6) is 17.4 Å². The van der Waals surface area contributed by atoms with Crippen LogP contribution in [0.4, 0.5) is 5.82 Å². The van der Waals surface area contributed by atoms with Gasteiger partial charge in [-0.1, -0.05) is 23.4 Å². The Kier molecular flexibility index (Phi) is 4.60. The molecule has 0 spiro atoms. The van der Waals surface area contributed by atoms with Crippen molar-refractivity contribution < 1.29 is 23.5 Å². The highest BCUT2D eigenvalue weighted by atomic mass is 16.7. The summed E-state index contributed by atoms with van der Waals surface area (Å²) in [6, 6.07) is 14.5. The summed E-state index contributed by atoms with van der Waals surface area (Å²) in [6.45, 7) is 0.505. The summed E-state index contributed by atoms with van der Waals surface area (Å²) >= 11 is 0. The summed E-state index contributed by atoms with van der Waals surface area (Å²) in [5.74, 6) is 1.81. The van der Waals surface area contributed by atoms with Gasteiger partial charge in [0.05, 0.1) is 6.42 Å². The first-order valence-electron chi connectivity index (χ1n) is 9.21. The SMILES string of the molecule is O=C(Cc1noc2ccccc12)Nc1cc(OCc2ccc3c(c2)OCO3)ncn1. The van der Waals surface area contributed by atoms with Crippen LogP contribution in [0.1, 0.15) is 11.3 Å². The number of nitrogens with one attached hydrogen (secondary N) is 1. The molecule has 0 saturated heterocycles. The Labute approximate surface area is 170 Å². The molecule has 0 saturated carbocycles. The number of aromatic nitrogens is 3.